The number of aliphatic imine (C=N–C) groups is 1. The highest BCUT2D eigenvalue weighted by Gasteiger charge is 2.14. The van der Waals surface area contributed by atoms with E-state index in [4.69, 9.17) is 21.1 Å². The molecule has 1 atom stereocenters. The third kappa shape index (κ3) is 4.73. The van der Waals surface area contributed by atoms with Gasteiger partial charge in [-0.3, -0.25) is 15.1 Å². The van der Waals surface area contributed by atoms with E-state index < -0.39 is 4.92 Å². The van der Waals surface area contributed by atoms with Crippen molar-refractivity contribution in [1.29, 1.82) is 0 Å². The van der Waals surface area contributed by atoms with Gasteiger partial charge in [0.1, 0.15) is 0 Å². The minimum atomic E-state index is -0.429. The van der Waals surface area contributed by atoms with Crippen LogP contribution in [0.4, 0.5) is 11.4 Å². The zero-order valence-corrected chi connectivity index (χ0v) is 15.9. The lowest BCUT2D eigenvalue weighted by molar-refractivity contribution is -0.384. The van der Waals surface area contributed by atoms with Crippen LogP contribution in [0.2, 0.25) is 5.02 Å². The summed E-state index contributed by atoms with van der Waals surface area (Å²) in [7, 11) is 1.55. The fraction of sp³-hybridized carbons (Fsp3) is 0.316. The molecule has 0 radical (unpaired) electrons. The summed E-state index contributed by atoms with van der Waals surface area (Å²) in [5.41, 5.74) is 2.13. The van der Waals surface area contributed by atoms with Crippen LogP contribution in [0, 0.1) is 17.0 Å². The Morgan fingerprint density at radius 1 is 1.35 bits per heavy atom. The number of hydrogen-bond donors (Lipinski definition) is 0. The summed E-state index contributed by atoms with van der Waals surface area (Å²) in [6, 6.07) is 8.06. The Balaban J connectivity index is 2.31. The highest BCUT2D eigenvalue weighted by molar-refractivity contribution is 6.32. The number of halogens is 1. The van der Waals surface area contributed by atoms with Crippen LogP contribution in [-0.2, 0) is 0 Å². The lowest BCUT2D eigenvalue weighted by Gasteiger charge is -2.17. The molecule has 0 bridgehead atoms. The van der Waals surface area contributed by atoms with E-state index in [0.717, 1.165) is 12.0 Å². The van der Waals surface area contributed by atoms with E-state index in [2.05, 4.69) is 4.99 Å². The zero-order chi connectivity index (χ0) is 19.3. The SMILES string of the molecule is CC[C@@H](C)Oc1c(Cl)cc(C=Nc2ccc([N+](=O)[O-])cc2C)cc1OC. The van der Waals surface area contributed by atoms with E-state index in [-0.39, 0.29) is 11.8 Å². The van der Waals surface area contributed by atoms with Crippen molar-refractivity contribution in [2.75, 3.05) is 7.11 Å². The monoisotopic (exact) mass is 376 g/mol. The summed E-state index contributed by atoms with van der Waals surface area (Å²) in [5.74, 6) is 1.03. The third-order valence-electron chi connectivity index (χ3n) is 3.89. The Hall–Kier alpha value is -2.60. The van der Waals surface area contributed by atoms with Crippen LogP contribution in [0.3, 0.4) is 0 Å². The third-order valence-corrected chi connectivity index (χ3v) is 4.17. The molecule has 0 spiro atoms. The Morgan fingerprint density at radius 3 is 2.65 bits per heavy atom. The normalized spacial score (nSPS) is 12.2. The predicted octanol–water partition coefficient (Wildman–Crippen LogP) is 5.49. The van der Waals surface area contributed by atoms with Crippen molar-refractivity contribution in [1.82, 2.24) is 0 Å². The van der Waals surface area contributed by atoms with Gasteiger partial charge in [0.25, 0.3) is 5.69 Å². The van der Waals surface area contributed by atoms with E-state index in [0.29, 0.717) is 27.8 Å². The van der Waals surface area contributed by atoms with Crippen LogP contribution >= 0.6 is 11.6 Å². The topological polar surface area (TPSA) is 74.0 Å². The lowest BCUT2D eigenvalue weighted by atomic mass is 10.1. The maximum Gasteiger partial charge on any atom is 0.269 e. The van der Waals surface area contributed by atoms with Crippen molar-refractivity contribution in [3.8, 4) is 11.5 Å². The summed E-state index contributed by atoms with van der Waals surface area (Å²) >= 11 is 6.34. The summed E-state index contributed by atoms with van der Waals surface area (Å²) < 4.78 is 11.2. The number of ether oxygens (including phenoxy) is 2. The molecular weight excluding hydrogens is 356 g/mol. The van der Waals surface area contributed by atoms with Gasteiger partial charge in [-0.05, 0) is 49.6 Å². The number of rotatable bonds is 7. The van der Waals surface area contributed by atoms with Crippen molar-refractivity contribution in [2.24, 2.45) is 4.99 Å². The van der Waals surface area contributed by atoms with Gasteiger partial charge in [0.15, 0.2) is 11.5 Å². The van der Waals surface area contributed by atoms with Crippen molar-refractivity contribution in [2.45, 2.75) is 33.3 Å². The summed E-state index contributed by atoms with van der Waals surface area (Å²) in [5, 5.41) is 11.2. The van der Waals surface area contributed by atoms with E-state index >= 15 is 0 Å². The van der Waals surface area contributed by atoms with Crippen LogP contribution in [0.1, 0.15) is 31.4 Å². The molecule has 0 aliphatic heterocycles. The number of non-ortho nitro benzene ring substituents is 1. The lowest BCUT2D eigenvalue weighted by Crippen LogP contribution is -2.11. The Bertz CT molecular complexity index is 837. The standard InChI is InChI=1S/C19H21ClN2O4/c1-5-13(3)26-19-16(20)9-14(10-18(19)25-4)11-21-17-7-6-15(22(23)24)8-12(17)2/h6-11,13H,5H2,1-4H3/t13-/m1/s1. The molecule has 0 saturated carbocycles. The number of benzene rings is 2. The fourth-order valence-electron chi connectivity index (χ4n) is 2.26. The van der Waals surface area contributed by atoms with Crippen molar-refractivity contribution in [3.05, 3.63) is 56.6 Å². The van der Waals surface area contributed by atoms with Gasteiger partial charge in [-0.15, -0.1) is 0 Å². The molecule has 0 fully saturated rings. The summed E-state index contributed by atoms with van der Waals surface area (Å²) in [6.07, 6.45) is 2.50. The van der Waals surface area contributed by atoms with Gasteiger partial charge in [0.05, 0.1) is 28.8 Å². The van der Waals surface area contributed by atoms with Gasteiger partial charge in [-0.2, -0.15) is 0 Å². The first kappa shape index (κ1) is 19.7. The molecule has 0 unspecified atom stereocenters. The molecule has 0 saturated heterocycles. The maximum absolute atomic E-state index is 10.8. The van der Waals surface area contributed by atoms with Crippen molar-refractivity contribution in [3.63, 3.8) is 0 Å². The smallest absolute Gasteiger partial charge is 0.269 e. The van der Waals surface area contributed by atoms with E-state index in [1.807, 2.05) is 13.8 Å². The second kappa shape index (κ2) is 8.67. The zero-order valence-electron chi connectivity index (χ0n) is 15.2. The molecule has 0 amide bonds. The van der Waals surface area contributed by atoms with Gasteiger partial charge in [0, 0.05) is 18.3 Å². The molecule has 7 heteroatoms. The Labute approximate surface area is 157 Å². The molecule has 2 aromatic rings. The minimum absolute atomic E-state index is 0.0173. The van der Waals surface area contributed by atoms with Crippen molar-refractivity contribution < 1.29 is 14.4 Å². The number of nitrogens with zero attached hydrogens (tertiary/aromatic N) is 2. The molecule has 0 aliphatic rings. The molecule has 6 nitrogen and oxygen atoms in total. The summed E-state index contributed by atoms with van der Waals surface area (Å²) in [6.45, 7) is 5.76. The molecule has 26 heavy (non-hydrogen) atoms. The molecule has 0 aromatic heterocycles. The number of aryl methyl sites for hydroxylation is 1. The molecule has 2 aromatic carbocycles. The summed E-state index contributed by atoms with van der Waals surface area (Å²) in [4.78, 5) is 14.8. The number of methoxy groups -OCH3 is 1. The maximum atomic E-state index is 10.8. The van der Waals surface area contributed by atoms with E-state index in [1.165, 1.54) is 12.1 Å². The Morgan fingerprint density at radius 2 is 2.08 bits per heavy atom. The van der Waals surface area contributed by atoms with Crippen LogP contribution in [0.5, 0.6) is 11.5 Å². The quantitative estimate of drug-likeness (QED) is 0.363. The van der Waals surface area contributed by atoms with E-state index in [1.54, 1.807) is 38.4 Å². The first-order chi connectivity index (χ1) is 12.3. The molecule has 2 rings (SSSR count). The van der Waals surface area contributed by atoms with Crippen LogP contribution in [0.25, 0.3) is 0 Å². The van der Waals surface area contributed by atoms with Crippen LogP contribution in [-0.4, -0.2) is 24.4 Å². The number of nitro groups is 1. The van der Waals surface area contributed by atoms with Gasteiger partial charge in [-0.1, -0.05) is 18.5 Å². The van der Waals surface area contributed by atoms with E-state index in [9.17, 15) is 10.1 Å². The number of nitro benzene ring substituents is 1. The van der Waals surface area contributed by atoms with Crippen LogP contribution < -0.4 is 9.47 Å². The molecule has 138 valence electrons. The van der Waals surface area contributed by atoms with Crippen LogP contribution in [0.15, 0.2) is 35.3 Å². The predicted molar refractivity (Wildman–Crippen MR) is 103 cm³/mol. The fourth-order valence-corrected chi connectivity index (χ4v) is 2.52. The second-order valence-electron chi connectivity index (χ2n) is 5.86. The molecule has 0 aliphatic carbocycles. The second-order valence-corrected chi connectivity index (χ2v) is 6.26. The first-order valence-electron chi connectivity index (χ1n) is 8.19. The van der Waals surface area contributed by atoms with Gasteiger partial charge in [-0.25, -0.2) is 0 Å². The molecular formula is C19H21ClN2O4. The highest BCUT2D eigenvalue weighted by Crippen LogP contribution is 2.37. The minimum Gasteiger partial charge on any atom is -0.493 e. The largest absolute Gasteiger partial charge is 0.493 e. The van der Waals surface area contributed by atoms with Gasteiger partial charge < -0.3 is 9.47 Å². The Kier molecular flexibility index (Phi) is 6.58. The van der Waals surface area contributed by atoms with Gasteiger partial charge in [0.2, 0.25) is 0 Å². The van der Waals surface area contributed by atoms with Crippen molar-refractivity contribution >= 4 is 29.2 Å². The van der Waals surface area contributed by atoms with Gasteiger partial charge >= 0.3 is 0 Å². The highest BCUT2D eigenvalue weighted by atomic mass is 35.5. The molecule has 0 N–H and O–H groups in total. The average Bonchev–Trinajstić information content (AvgIpc) is 2.62. The average molecular weight is 377 g/mol. The number of hydrogen-bond acceptors (Lipinski definition) is 5. The molecule has 0 heterocycles. The first-order valence-corrected chi connectivity index (χ1v) is 8.56.